The highest BCUT2D eigenvalue weighted by molar-refractivity contribution is 6.08. The van der Waals surface area contributed by atoms with Gasteiger partial charge in [-0.15, -0.1) is 0 Å². The van der Waals surface area contributed by atoms with Gasteiger partial charge in [0.05, 0.1) is 5.41 Å². The van der Waals surface area contributed by atoms with Crippen LogP contribution in [0.3, 0.4) is 0 Å². The molecule has 0 fully saturated rings. The summed E-state index contributed by atoms with van der Waals surface area (Å²) in [6.45, 7) is 12.7. The Morgan fingerprint density at radius 1 is 0.741 bits per heavy atom. The van der Waals surface area contributed by atoms with Crippen molar-refractivity contribution < 1.29 is 18.1 Å². The van der Waals surface area contributed by atoms with Gasteiger partial charge in [0, 0.05) is 41.1 Å². The van der Waals surface area contributed by atoms with Crippen LogP contribution in [-0.2, 0) is 10.8 Å². The maximum Gasteiger partial charge on any atom is 0.387 e. The highest BCUT2D eigenvalue weighted by Crippen LogP contribution is 2.51. The SMILES string of the molecule is CCN1/C(=C/C=C2\CCCC(/C=C/C3=[N+](CC)c4ccc5ccccc5c4C3(C)C)=C2c2ccc(OC(F)F)cc2)C(C)(C)c2c1ccc1ccccc21. The maximum absolute atomic E-state index is 13.1. The van der Waals surface area contributed by atoms with Crippen molar-refractivity contribution in [3.05, 3.63) is 155 Å². The third kappa shape index (κ3) is 5.89. The molecule has 0 saturated heterocycles. The van der Waals surface area contributed by atoms with E-state index in [0.29, 0.717) is 0 Å². The van der Waals surface area contributed by atoms with Gasteiger partial charge >= 0.3 is 6.61 Å². The molecule has 0 bridgehead atoms. The highest BCUT2D eigenvalue weighted by Gasteiger charge is 2.45. The first-order chi connectivity index (χ1) is 26.0. The number of hydrogen-bond donors (Lipinski definition) is 0. The summed E-state index contributed by atoms with van der Waals surface area (Å²) in [4.78, 5) is 2.46. The van der Waals surface area contributed by atoms with Crippen molar-refractivity contribution in [2.45, 2.75) is 78.2 Å². The number of ether oxygens (including phenoxy) is 1. The first kappa shape index (κ1) is 35.7. The lowest BCUT2D eigenvalue weighted by Gasteiger charge is -2.27. The summed E-state index contributed by atoms with van der Waals surface area (Å²) in [6, 6.07) is 33.6. The number of likely N-dealkylation sites (N-methyl/N-ethyl adjacent to an activating group) is 1. The first-order valence-electron chi connectivity index (χ1n) is 19.4. The van der Waals surface area contributed by atoms with Crippen molar-refractivity contribution in [2.75, 3.05) is 18.0 Å². The Bertz CT molecular complexity index is 2440. The molecule has 5 heteroatoms. The summed E-state index contributed by atoms with van der Waals surface area (Å²) in [7, 11) is 0. The molecule has 2 heterocycles. The van der Waals surface area contributed by atoms with E-state index in [9.17, 15) is 8.78 Å². The Hall–Kier alpha value is -5.29. The Balaban J connectivity index is 1.25. The Kier molecular flexibility index (Phi) is 9.16. The van der Waals surface area contributed by atoms with Crippen LogP contribution in [0.15, 0.2) is 138 Å². The number of anilines is 1. The van der Waals surface area contributed by atoms with Gasteiger partial charge < -0.3 is 9.64 Å². The lowest BCUT2D eigenvalue weighted by atomic mass is 9.78. The average Bonchev–Trinajstić information content (AvgIpc) is 3.54. The van der Waals surface area contributed by atoms with Crippen LogP contribution >= 0.6 is 0 Å². The second-order valence-corrected chi connectivity index (χ2v) is 15.7. The van der Waals surface area contributed by atoms with E-state index in [1.54, 1.807) is 12.1 Å². The van der Waals surface area contributed by atoms with E-state index in [1.165, 1.54) is 72.2 Å². The van der Waals surface area contributed by atoms with Crippen LogP contribution < -0.4 is 9.64 Å². The topological polar surface area (TPSA) is 15.5 Å². The van der Waals surface area contributed by atoms with E-state index in [4.69, 9.17) is 4.74 Å². The molecule has 0 aromatic heterocycles. The zero-order valence-electron chi connectivity index (χ0n) is 32.2. The predicted molar refractivity (Wildman–Crippen MR) is 222 cm³/mol. The molecular weight excluding hydrogens is 671 g/mol. The fourth-order valence-electron chi connectivity index (χ4n) is 9.54. The minimum Gasteiger partial charge on any atom is -0.435 e. The van der Waals surface area contributed by atoms with E-state index in [0.717, 1.165) is 37.9 Å². The Morgan fingerprint density at radius 2 is 1.41 bits per heavy atom. The average molecular weight is 720 g/mol. The number of rotatable bonds is 8. The molecule has 3 aliphatic rings. The molecule has 54 heavy (non-hydrogen) atoms. The molecule has 274 valence electrons. The third-order valence-electron chi connectivity index (χ3n) is 11.9. The number of nitrogens with zero attached hydrogens (tertiary/aromatic N) is 2. The van der Waals surface area contributed by atoms with E-state index in [2.05, 4.69) is 148 Å². The molecule has 3 nitrogen and oxygen atoms in total. The normalized spacial score (nSPS) is 19.3. The standard InChI is InChI=1S/C49H49F2N2O/c1-7-52-40-28-22-32-14-9-11-18-38(32)45(40)48(3,4)42(52)30-24-34-16-13-17-35(44(34)36-20-26-37(27-21-36)54-47(50)51)25-31-43-49(5,6)46-39-19-12-10-15-33(39)23-29-41(46)53(43)8-2/h9-12,14-15,18-31,47H,7-8,13,16-17H2,1-6H3/q+1. The Labute approximate surface area is 318 Å². The van der Waals surface area contributed by atoms with Crippen LogP contribution in [0.5, 0.6) is 5.75 Å². The van der Waals surface area contributed by atoms with Gasteiger partial charge in [-0.2, -0.15) is 13.4 Å². The highest BCUT2D eigenvalue weighted by atomic mass is 19.3. The monoisotopic (exact) mass is 719 g/mol. The van der Waals surface area contributed by atoms with Crippen LogP contribution in [0.25, 0.3) is 27.1 Å². The molecule has 0 unspecified atom stereocenters. The zero-order valence-corrected chi connectivity index (χ0v) is 32.2. The van der Waals surface area contributed by atoms with Gasteiger partial charge in [0.1, 0.15) is 12.3 Å². The molecule has 8 rings (SSSR count). The van der Waals surface area contributed by atoms with Gasteiger partial charge in [-0.05, 0) is 127 Å². The molecule has 0 spiro atoms. The van der Waals surface area contributed by atoms with Crippen molar-refractivity contribution in [2.24, 2.45) is 0 Å². The molecule has 1 aliphatic carbocycles. The van der Waals surface area contributed by atoms with Gasteiger partial charge in [-0.25, -0.2) is 0 Å². The van der Waals surface area contributed by atoms with Crippen LogP contribution in [0, 0.1) is 0 Å². The van der Waals surface area contributed by atoms with E-state index in [-0.39, 0.29) is 16.6 Å². The van der Waals surface area contributed by atoms with Gasteiger partial charge in [0.25, 0.3) is 0 Å². The third-order valence-corrected chi connectivity index (χ3v) is 11.9. The van der Waals surface area contributed by atoms with Crippen LogP contribution in [0.4, 0.5) is 20.2 Å². The van der Waals surface area contributed by atoms with Gasteiger partial charge in [-0.1, -0.05) is 92.7 Å². The van der Waals surface area contributed by atoms with E-state index >= 15 is 0 Å². The Morgan fingerprint density at radius 3 is 2.07 bits per heavy atom. The van der Waals surface area contributed by atoms with E-state index < -0.39 is 6.61 Å². The number of allylic oxidation sites excluding steroid dienone is 8. The number of hydrogen-bond acceptors (Lipinski definition) is 2. The second-order valence-electron chi connectivity index (χ2n) is 15.7. The van der Waals surface area contributed by atoms with Crippen LogP contribution in [0.1, 0.15) is 77.5 Å². The lowest BCUT2D eigenvalue weighted by molar-refractivity contribution is -0.433. The minimum atomic E-state index is -2.86. The fraction of sp³-hybridized carbons (Fsp3) is 0.286. The van der Waals surface area contributed by atoms with Crippen molar-refractivity contribution in [1.29, 1.82) is 0 Å². The smallest absolute Gasteiger partial charge is 0.387 e. The predicted octanol–water partition coefficient (Wildman–Crippen LogP) is 12.8. The van der Waals surface area contributed by atoms with Crippen molar-refractivity contribution in [3.8, 4) is 5.75 Å². The summed E-state index contributed by atoms with van der Waals surface area (Å²) in [5.41, 5.74) is 12.1. The number of benzene rings is 5. The number of fused-ring (bicyclic) bond motifs is 6. The van der Waals surface area contributed by atoms with Crippen molar-refractivity contribution in [1.82, 2.24) is 0 Å². The molecule has 0 radical (unpaired) electrons. The summed E-state index contributed by atoms with van der Waals surface area (Å²) in [6.07, 6.45) is 12.2. The molecule has 5 aromatic rings. The van der Waals surface area contributed by atoms with Crippen LogP contribution in [0.2, 0.25) is 0 Å². The molecule has 2 aliphatic heterocycles. The second kappa shape index (κ2) is 13.8. The summed E-state index contributed by atoms with van der Waals surface area (Å²) in [5.74, 6) is 0.165. The quantitative estimate of drug-likeness (QED) is 0.148. The molecule has 0 amide bonds. The molecule has 0 atom stereocenters. The summed E-state index contributed by atoms with van der Waals surface area (Å²) >= 11 is 0. The maximum atomic E-state index is 13.1. The summed E-state index contributed by atoms with van der Waals surface area (Å²) < 4.78 is 33.5. The lowest BCUT2D eigenvalue weighted by Crippen LogP contribution is -2.27. The van der Waals surface area contributed by atoms with Gasteiger partial charge in [-0.3, -0.25) is 0 Å². The van der Waals surface area contributed by atoms with Crippen molar-refractivity contribution in [3.63, 3.8) is 0 Å². The number of alkyl halides is 2. The molecule has 5 aromatic carbocycles. The molecule has 0 saturated carbocycles. The first-order valence-corrected chi connectivity index (χ1v) is 19.4. The molecular formula is C49H49F2N2O+. The van der Waals surface area contributed by atoms with Crippen LogP contribution in [-0.4, -0.2) is 30.0 Å². The van der Waals surface area contributed by atoms with Gasteiger partial charge in [0.2, 0.25) is 5.69 Å². The summed E-state index contributed by atoms with van der Waals surface area (Å²) in [5, 5.41) is 5.12. The number of halogens is 2. The zero-order chi connectivity index (χ0) is 37.8. The minimum absolute atomic E-state index is 0.165. The van der Waals surface area contributed by atoms with Crippen molar-refractivity contribution >= 4 is 44.2 Å². The van der Waals surface area contributed by atoms with E-state index in [1.807, 2.05) is 12.1 Å². The largest absolute Gasteiger partial charge is 0.435 e. The van der Waals surface area contributed by atoms with Gasteiger partial charge in [0.15, 0.2) is 5.71 Å². The fourth-order valence-corrected chi connectivity index (χ4v) is 9.54. The molecule has 0 N–H and O–H groups in total.